The summed E-state index contributed by atoms with van der Waals surface area (Å²) < 4.78 is 27.4. The van der Waals surface area contributed by atoms with Crippen molar-refractivity contribution in [1.29, 1.82) is 0 Å². The molecule has 0 saturated heterocycles. The van der Waals surface area contributed by atoms with Gasteiger partial charge in [-0.15, -0.1) is 10.2 Å². The molecule has 0 bridgehead atoms. The zero-order chi connectivity index (χ0) is 23.2. The number of halogens is 2. The molecular weight excluding hydrogens is 430 g/mol. The molecule has 8 nitrogen and oxygen atoms in total. The number of nitrogens with one attached hydrogen (secondary N) is 1. The maximum Gasteiger partial charge on any atom is 0.247 e. The number of benzene rings is 2. The second-order valence-electron chi connectivity index (χ2n) is 8.04. The largest absolute Gasteiger partial charge is 0.352 e. The first kappa shape index (κ1) is 22.5. The van der Waals surface area contributed by atoms with Crippen LogP contribution in [-0.4, -0.2) is 49.5 Å². The standard InChI is InChI=1S/C23H24F2N6O2/c24-18-11-9-16(10-12-18)23-27-29-31(28-23)15-22(33)30(13-17-5-1-4-8-20(17)25)14-21(32)26-19-6-2-3-7-19/h1,4-5,8-12,19H,2-3,6-7,13-15H2,(H,26,32). The third-order valence-corrected chi connectivity index (χ3v) is 5.56. The van der Waals surface area contributed by atoms with Crippen LogP contribution in [0.3, 0.4) is 0 Å². The highest BCUT2D eigenvalue weighted by atomic mass is 19.1. The Bertz CT molecular complexity index is 1110. The Morgan fingerprint density at radius 3 is 2.52 bits per heavy atom. The van der Waals surface area contributed by atoms with E-state index in [1.54, 1.807) is 18.2 Å². The highest BCUT2D eigenvalue weighted by Gasteiger charge is 2.23. The summed E-state index contributed by atoms with van der Waals surface area (Å²) in [5, 5.41) is 14.9. The second kappa shape index (κ2) is 10.3. The molecule has 1 N–H and O–H groups in total. The second-order valence-corrected chi connectivity index (χ2v) is 8.04. The van der Waals surface area contributed by atoms with Crippen LogP contribution in [0, 0.1) is 11.6 Å². The van der Waals surface area contributed by atoms with E-state index in [-0.39, 0.29) is 43.2 Å². The lowest BCUT2D eigenvalue weighted by Crippen LogP contribution is -2.44. The molecule has 1 heterocycles. The molecule has 1 fully saturated rings. The molecule has 0 atom stereocenters. The van der Waals surface area contributed by atoms with Crippen LogP contribution >= 0.6 is 0 Å². The summed E-state index contributed by atoms with van der Waals surface area (Å²) in [6.07, 6.45) is 3.97. The number of nitrogens with zero attached hydrogens (tertiary/aromatic N) is 5. The molecule has 0 aliphatic heterocycles. The lowest BCUT2D eigenvalue weighted by molar-refractivity contribution is -0.137. The smallest absolute Gasteiger partial charge is 0.247 e. The van der Waals surface area contributed by atoms with E-state index >= 15 is 0 Å². The maximum absolute atomic E-state index is 14.2. The number of hydrogen-bond acceptors (Lipinski definition) is 5. The van der Waals surface area contributed by atoms with Crippen LogP contribution in [0.5, 0.6) is 0 Å². The van der Waals surface area contributed by atoms with Crippen molar-refractivity contribution in [1.82, 2.24) is 30.4 Å². The zero-order valence-corrected chi connectivity index (χ0v) is 18.0. The van der Waals surface area contributed by atoms with Crippen LogP contribution in [-0.2, 0) is 22.7 Å². The minimum absolute atomic E-state index is 0.0664. The molecular formula is C23H24F2N6O2. The van der Waals surface area contributed by atoms with Crippen molar-refractivity contribution in [3.05, 3.63) is 65.7 Å². The number of hydrogen-bond donors (Lipinski definition) is 1. The Hall–Kier alpha value is -3.69. The zero-order valence-electron chi connectivity index (χ0n) is 18.0. The highest BCUT2D eigenvalue weighted by Crippen LogP contribution is 2.18. The highest BCUT2D eigenvalue weighted by molar-refractivity contribution is 5.84. The van der Waals surface area contributed by atoms with Gasteiger partial charge in [-0.2, -0.15) is 4.80 Å². The van der Waals surface area contributed by atoms with Crippen molar-refractivity contribution in [2.24, 2.45) is 0 Å². The molecule has 10 heteroatoms. The Morgan fingerprint density at radius 1 is 1.06 bits per heavy atom. The average molecular weight is 454 g/mol. The van der Waals surface area contributed by atoms with E-state index in [2.05, 4.69) is 20.7 Å². The molecule has 2 aromatic carbocycles. The number of tetrazole rings is 1. The Morgan fingerprint density at radius 2 is 1.79 bits per heavy atom. The van der Waals surface area contributed by atoms with Gasteiger partial charge in [-0.25, -0.2) is 8.78 Å². The lowest BCUT2D eigenvalue weighted by Gasteiger charge is -2.23. The van der Waals surface area contributed by atoms with Crippen LogP contribution in [0.4, 0.5) is 8.78 Å². The van der Waals surface area contributed by atoms with Crippen LogP contribution in [0.1, 0.15) is 31.2 Å². The van der Waals surface area contributed by atoms with E-state index in [0.29, 0.717) is 11.1 Å². The van der Waals surface area contributed by atoms with Crippen molar-refractivity contribution >= 4 is 11.8 Å². The SMILES string of the molecule is O=C(CN(Cc1ccccc1F)C(=O)Cn1nnc(-c2ccc(F)cc2)n1)NC1CCCC1. The molecule has 3 aromatic rings. The number of amides is 2. The van der Waals surface area contributed by atoms with Crippen molar-refractivity contribution in [2.75, 3.05) is 6.54 Å². The summed E-state index contributed by atoms with van der Waals surface area (Å²) in [4.78, 5) is 28.0. The lowest BCUT2D eigenvalue weighted by atomic mass is 10.2. The summed E-state index contributed by atoms with van der Waals surface area (Å²) in [6.45, 7) is -0.550. The van der Waals surface area contributed by atoms with Gasteiger partial charge >= 0.3 is 0 Å². The first-order chi connectivity index (χ1) is 16.0. The fourth-order valence-electron chi connectivity index (χ4n) is 3.83. The van der Waals surface area contributed by atoms with Crippen LogP contribution < -0.4 is 5.32 Å². The molecule has 1 aliphatic rings. The Balaban J connectivity index is 1.46. The summed E-state index contributed by atoms with van der Waals surface area (Å²) in [5.41, 5.74) is 0.854. The van der Waals surface area contributed by atoms with Crippen molar-refractivity contribution in [2.45, 2.75) is 44.8 Å². The summed E-state index contributed by atoms with van der Waals surface area (Å²) in [5.74, 6) is -1.35. The summed E-state index contributed by atoms with van der Waals surface area (Å²) in [7, 11) is 0. The van der Waals surface area contributed by atoms with Crippen LogP contribution in [0.2, 0.25) is 0 Å². The van der Waals surface area contributed by atoms with E-state index < -0.39 is 11.7 Å². The molecule has 172 valence electrons. The topological polar surface area (TPSA) is 93.0 Å². The Labute approximate surface area is 189 Å². The fraction of sp³-hybridized carbons (Fsp3) is 0.348. The van der Waals surface area contributed by atoms with Gasteiger partial charge in [0.2, 0.25) is 17.6 Å². The van der Waals surface area contributed by atoms with Gasteiger partial charge < -0.3 is 10.2 Å². The molecule has 2 amide bonds. The van der Waals surface area contributed by atoms with Gasteiger partial charge in [0, 0.05) is 23.7 Å². The van der Waals surface area contributed by atoms with Gasteiger partial charge in [0.15, 0.2) is 0 Å². The van der Waals surface area contributed by atoms with Crippen LogP contribution in [0.25, 0.3) is 11.4 Å². The third kappa shape index (κ3) is 5.97. The van der Waals surface area contributed by atoms with E-state index in [1.165, 1.54) is 35.2 Å². The molecule has 4 rings (SSSR count). The van der Waals surface area contributed by atoms with Gasteiger partial charge in [0.25, 0.3) is 0 Å². The predicted molar refractivity (Wildman–Crippen MR) is 115 cm³/mol. The van der Waals surface area contributed by atoms with E-state index in [1.807, 2.05) is 0 Å². The van der Waals surface area contributed by atoms with Crippen molar-refractivity contribution in [3.63, 3.8) is 0 Å². The molecule has 33 heavy (non-hydrogen) atoms. The first-order valence-corrected chi connectivity index (χ1v) is 10.8. The number of carbonyl (C=O) groups is 2. The molecule has 1 aliphatic carbocycles. The molecule has 1 aromatic heterocycles. The Kier molecular flexibility index (Phi) is 7.01. The first-order valence-electron chi connectivity index (χ1n) is 10.8. The summed E-state index contributed by atoms with van der Waals surface area (Å²) >= 11 is 0. The van der Waals surface area contributed by atoms with E-state index in [0.717, 1.165) is 30.5 Å². The normalized spacial score (nSPS) is 13.8. The quantitative estimate of drug-likeness (QED) is 0.565. The van der Waals surface area contributed by atoms with Gasteiger partial charge in [0.05, 0.1) is 6.54 Å². The average Bonchev–Trinajstić information content (AvgIpc) is 3.47. The molecule has 0 unspecified atom stereocenters. The van der Waals surface area contributed by atoms with Gasteiger partial charge in [-0.3, -0.25) is 9.59 Å². The monoisotopic (exact) mass is 454 g/mol. The minimum atomic E-state index is -0.456. The third-order valence-electron chi connectivity index (χ3n) is 5.56. The van der Waals surface area contributed by atoms with Gasteiger partial charge in [-0.05, 0) is 48.4 Å². The fourth-order valence-corrected chi connectivity index (χ4v) is 3.83. The number of carbonyl (C=O) groups excluding carboxylic acids is 2. The van der Waals surface area contributed by atoms with E-state index in [9.17, 15) is 18.4 Å². The minimum Gasteiger partial charge on any atom is -0.352 e. The van der Waals surface area contributed by atoms with Gasteiger partial charge in [-0.1, -0.05) is 31.0 Å². The van der Waals surface area contributed by atoms with E-state index in [4.69, 9.17) is 0 Å². The predicted octanol–water partition coefficient (Wildman–Crippen LogP) is 2.71. The van der Waals surface area contributed by atoms with Crippen molar-refractivity contribution < 1.29 is 18.4 Å². The number of rotatable bonds is 8. The summed E-state index contributed by atoms with van der Waals surface area (Å²) in [6, 6.07) is 11.8. The molecule has 1 saturated carbocycles. The molecule has 0 spiro atoms. The van der Waals surface area contributed by atoms with Crippen LogP contribution in [0.15, 0.2) is 48.5 Å². The number of aromatic nitrogens is 4. The molecule has 0 radical (unpaired) electrons. The van der Waals surface area contributed by atoms with Crippen molar-refractivity contribution in [3.8, 4) is 11.4 Å². The maximum atomic E-state index is 14.2. The van der Waals surface area contributed by atoms with Gasteiger partial charge in [0.1, 0.15) is 18.2 Å².